The molecule has 0 aliphatic heterocycles. The minimum absolute atomic E-state index is 0.295. The van der Waals surface area contributed by atoms with Crippen molar-refractivity contribution in [3.8, 4) is 0 Å². The van der Waals surface area contributed by atoms with Gasteiger partial charge in [-0.15, -0.1) is 0 Å². The SMILES string of the molecule is COC(=O)[C@@H](Cc1ccccc1)NC(=O)NCCc1ccc(F)cc1. The number of halogens is 1. The zero-order chi connectivity index (χ0) is 18.1. The van der Waals surface area contributed by atoms with E-state index in [2.05, 4.69) is 10.6 Å². The van der Waals surface area contributed by atoms with Gasteiger partial charge in [0, 0.05) is 13.0 Å². The van der Waals surface area contributed by atoms with Crippen LogP contribution in [0.4, 0.5) is 9.18 Å². The van der Waals surface area contributed by atoms with Gasteiger partial charge in [-0.2, -0.15) is 0 Å². The second-order valence-electron chi connectivity index (χ2n) is 5.54. The maximum absolute atomic E-state index is 12.8. The van der Waals surface area contributed by atoms with Gasteiger partial charge in [0.05, 0.1) is 7.11 Å². The van der Waals surface area contributed by atoms with Gasteiger partial charge in [0.15, 0.2) is 0 Å². The molecule has 0 aromatic heterocycles. The van der Waals surface area contributed by atoms with Crippen molar-refractivity contribution in [2.45, 2.75) is 18.9 Å². The van der Waals surface area contributed by atoms with Crippen molar-refractivity contribution in [3.63, 3.8) is 0 Å². The average Bonchev–Trinajstić information content (AvgIpc) is 2.63. The molecule has 0 unspecified atom stereocenters. The zero-order valence-electron chi connectivity index (χ0n) is 14.0. The Morgan fingerprint density at radius 2 is 1.72 bits per heavy atom. The highest BCUT2D eigenvalue weighted by Crippen LogP contribution is 2.05. The summed E-state index contributed by atoms with van der Waals surface area (Å²) in [7, 11) is 1.29. The number of methoxy groups -OCH3 is 1. The highest BCUT2D eigenvalue weighted by atomic mass is 19.1. The third-order valence-corrected chi connectivity index (χ3v) is 3.69. The van der Waals surface area contributed by atoms with E-state index in [1.54, 1.807) is 12.1 Å². The van der Waals surface area contributed by atoms with Crippen LogP contribution in [0.15, 0.2) is 54.6 Å². The van der Waals surface area contributed by atoms with Gasteiger partial charge in [0.1, 0.15) is 11.9 Å². The molecule has 2 rings (SSSR count). The summed E-state index contributed by atoms with van der Waals surface area (Å²) < 4.78 is 17.6. The zero-order valence-corrected chi connectivity index (χ0v) is 14.0. The van der Waals surface area contributed by atoms with Crippen molar-refractivity contribution < 1.29 is 18.7 Å². The molecule has 2 aromatic carbocycles. The Labute approximate surface area is 146 Å². The Bertz CT molecular complexity index is 690. The number of carbonyl (C=O) groups excluding carboxylic acids is 2. The number of benzene rings is 2. The quantitative estimate of drug-likeness (QED) is 0.758. The smallest absolute Gasteiger partial charge is 0.328 e. The molecular weight excluding hydrogens is 323 g/mol. The predicted molar refractivity (Wildman–Crippen MR) is 92.6 cm³/mol. The molecule has 0 saturated carbocycles. The molecule has 25 heavy (non-hydrogen) atoms. The van der Waals surface area contributed by atoms with Crippen LogP contribution in [-0.4, -0.2) is 31.7 Å². The summed E-state index contributed by atoms with van der Waals surface area (Å²) in [6.45, 7) is 0.372. The molecule has 2 amide bonds. The predicted octanol–water partition coefficient (Wildman–Crippen LogP) is 2.45. The van der Waals surface area contributed by atoms with Gasteiger partial charge in [0.2, 0.25) is 0 Å². The summed E-state index contributed by atoms with van der Waals surface area (Å²) in [5.41, 5.74) is 1.83. The van der Waals surface area contributed by atoms with Crippen LogP contribution in [-0.2, 0) is 22.4 Å². The van der Waals surface area contributed by atoms with Gasteiger partial charge in [-0.05, 0) is 29.7 Å². The van der Waals surface area contributed by atoms with Gasteiger partial charge >= 0.3 is 12.0 Å². The van der Waals surface area contributed by atoms with Crippen molar-refractivity contribution in [2.75, 3.05) is 13.7 Å². The third kappa shape index (κ3) is 6.25. The Morgan fingerprint density at radius 3 is 2.36 bits per heavy atom. The monoisotopic (exact) mass is 344 g/mol. The maximum atomic E-state index is 12.8. The molecule has 5 nitrogen and oxygen atoms in total. The van der Waals surface area contributed by atoms with E-state index in [9.17, 15) is 14.0 Å². The van der Waals surface area contributed by atoms with Crippen LogP contribution >= 0.6 is 0 Å². The van der Waals surface area contributed by atoms with Crippen LogP contribution in [0, 0.1) is 5.82 Å². The van der Waals surface area contributed by atoms with Crippen LogP contribution < -0.4 is 10.6 Å². The highest BCUT2D eigenvalue weighted by Gasteiger charge is 2.21. The first-order chi connectivity index (χ1) is 12.1. The standard InChI is InChI=1S/C19H21FN2O3/c1-25-18(23)17(13-15-5-3-2-4-6-15)22-19(24)21-12-11-14-7-9-16(20)10-8-14/h2-10,17H,11-13H2,1H3,(H2,21,22,24)/t17-/m1/s1. The summed E-state index contributed by atoms with van der Waals surface area (Å²) in [5, 5.41) is 5.32. The van der Waals surface area contributed by atoms with Gasteiger partial charge < -0.3 is 15.4 Å². The van der Waals surface area contributed by atoms with E-state index in [0.717, 1.165) is 11.1 Å². The van der Waals surface area contributed by atoms with E-state index in [-0.39, 0.29) is 5.82 Å². The molecule has 0 radical (unpaired) electrons. The molecular formula is C19H21FN2O3. The van der Waals surface area contributed by atoms with E-state index < -0.39 is 18.0 Å². The van der Waals surface area contributed by atoms with Crippen LogP contribution in [0.5, 0.6) is 0 Å². The molecule has 0 bridgehead atoms. The third-order valence-electron chi connectivity index (χ3n) is 3.69. The molecule has 1 atom stereocenters. The fourth-order valence-electron chi connectivity index (χ4n) is 2.37. The first-order valence-corrected chi connectivity index (χ1v) is 7.99. The minimum Gasteiger partial charge on any atom is -0.467 e. The number of nitrogens with one attached hydrogen (secondary N) is 2. The number of carbonyl (C=O) groups is 2. The molecule has 6 heteroatoms. The van der Waals surface area contributed by atoms with Gasteiger partial charge in [-0.25, -0.2) is 14.0 Å². The van der Waals surface area contributed by atoms with Crippen molar-refractivity contribution in [1.82, 2.24) is 10.6 Å². The summed E-state index contributed by atoms with van der Waals surface area (Å²) in [6.07, 6.45) is 0.911. The lowest BCUT2D eigenvalue weighted by atomic mass is 10.1. The topological polar surface area (TPSA) is 67.4 Å². The first-order valence-electron chi connectivity index (χ1n) is 7.99. The molecule has 2 aromatic rings. The van der Waals surface area contributed by atoms with Gasteiger partial charge in [0.25, 0.3) is 0 Å². The van der Waals surface area contributed by atoms with E-state index >= 15 is 0 Å². The molecule has 0 heterocycles. The van der Waals surface area contributed by atoms with Crippen LogP contribution in [0.2, 0.25) is 0 Å². The normalized spacial score (nSPS) is 11.4. The lowest BCUT2D eigenvalue weighted by Crippen LogP contribution is -2.48. The van der Waals surface area contributed by atoms with Crippen LogP contribution in [0.3, 0.4) is 0 Å². The molecule has 2 N–H and O–H groups in total. The summed E-state index contributed by atoms with van der Waals surface area (Å²) in [4.78, 5) is 23.9. The second-order valence-corrected chi connectivity index (χ2v) is 5.54. The van der Waals surface area contributed by atoms with Crippen molar-refractivity contribution in [2.24, 2.45) is 0 Å². The fraction of sp³-hybridized carbons (Fsp3) is 0.263. The molecule has 0 spiro atoms. The minimum atomic E-state index is -0.766. The number of ether oxygens (including phenoxy) is 1. The van der Waals surface area contributed by atoms with E-state index in [1.807, 2.05) is 30.3 Å². The lowest BCUT2D eigenvalue weighted by Gasteiger charge is -2.17. The van der Waals surface area contributed by atoms with E-state index in [1.165, 1.54) is 19.2 Å². The molecule has 0 fully saturated rings. The number of hydrogen-bond acceptors (Lipinski definition) is 3. The summed E-state index contributed by atoms with van der Waals surface area (Å²) in [5.74, 6) is -0.797. The van der Waals surface area contributed by atoms with Gasteiger partial charge in [-0.3, -0.25) is 0 Å². The first kappa shape index (κ1) is 18.4. The molecule has 0 saturated heterocycles. The Kier molecular flexibility index (Phi) is 6.95. The lowest BCUT2D eigenvalue weighted by molar-refractivity contribution is -0.142. The number of esters is 1. The van der Waals surface area contributed by atoms with E-state index in [4.69, 9.17) is 4.74 Å². The molecule has 0 aliphatic rings. The second kappa shape index (κ2) is 9.42. The van der Waals surface area contributed by atoms with E-state index in [0.29, 0.717) is 19.4 Å². The van der Waals surface area contributed by atoms with Gasteiger partial charge in [-0.1, -0.05) is 42.5 Å². The van der Waals surface area contributed by atoms with Crippen LogP contribution in [0.1, 0.15) is 11.1 Å². The molecule has 132 valence electrons. The Hall–Kier alpha value is -2.89. The maximum Gasteiger partial charge on any atom is 0.328 e. The van der Waals surface area contributed by atoms with Crippen molar-refractivity contribution in [1.29, 1.82) is 0 Å². The van der Waals surface area contributed by atoms with Crippen LogP contribution in [0.25, 0.3) is 0 Å². The Balaban J connectivity index is 1.84. The largest absolute Gasteiger partial charge is 0.467 e. The number of amides is 2. The fourth-order valence-corrected chi connectivity index (χ4v) is 2.37. The molecule has 0 aliphatic carbocycles. The Morgan fingerprint density at radius 1 is 1.04 bits per heavy atom. The summed E-state index contributed by atoms with van der Waals surface area (Å²) in [6, 6.07) is 14.2. The number of urea groups is 1. The van der Waals surface area contributed by atoms with Crippen molar-refractivity contribution in [3.05, 3.63) is 71.5 Å². The average molecular weight is 344 g/mol. The summed E-state index contributed by atoms with van der Waals surface area (Å²) >= 11 is 0. The highest BCUT2D eigenvalue weighted by molar-refractivity contribution is 5.83. The number of rotatable bonds is 7. The van der Waals surface area contributed by atoms with Crippen molar-refractivity contribution >= 4 is 12.0 Å². The number of hydrogen-bond donors (Lipinski definition) is 2.